The van der Waals surface area contributed by atoms with Crippen LogP contribution in [-0.4, -0.2) is 9.13 Å². The van der Waals surface area contributed by atoms with Crippen molar-refractivity contribution in [2.24, 2.45) is 0 Å². The molecule has 0 atom stereocenters. The fourth-order valence-corrected chi connectivity index (χ4v) is 9.19. The molecule has 0 bridgehead atoms. The minimum Gasteiger partial charge on any atom is -0.308 e. The minimum atomic E-state index is -4.72. The summed E-state index contributed by atoms with van der Waals surface area (Å²) in [6.45, 7) is 10.1. The van der Waals surface area contributed by atoms with Crippen molar-refractivity contribution in [1.29, 1.82) is 21.0 Å². The Bertz CT molecular complexity index is 3910. The zero-order valence-corrected chi connectivity index (χ0v) is 34.2. The van der Waals surface area contributed by atoms with Gasteiger partial charge in [0, 0.05) is 21.5 Å². The van der Waals surface area contributed by atoms with E-state index >= 15 is 0 Å². The molecule has 0 spiro atoms. The highest BCUT2D eigenvalue weighted by molar-refractivity contribution is 6.13. The average molecular weight is 844 g/mol. The second-order valence-corrected chi connectivity index (χ2v) is 15.6. The maximum absolute atomic E-state index is 15.0. The molecule has 2 heterocycles. The van der Waals surface area contributed by atoms with Crippen LogP contribution in [-0.2, 0) is 6.18 Å². The van der Waals surface area contributed by atoms with Gasteiger partial charge < -0.3 is 9.13 Å². The second kappa shape index (κ2) is 15.2. The van der Waals surface area contributed by atoms with E-state index in [-0.39, 0.29) is 16.8 Å². The van der Waals surface area contributed by atoms with Crippen molar-refractivity contribution in [2.45, 2.75) is 13.1 Å². The first-order valence-electron chi connectivity index (χ1n) is 20.3. The molecule has 0 radical (unpaired) electrons. The number of hydrogen-bond donors (Lipinski definition) is 0. The van der Waals surface area contributed by atoms with Crippen LogP contribution in [0.3, 0.4) is 0 Å². The number of benzene rings is 8. The van der Waals surface area contributed by atoms with Gasteiger partial charge in [-0.15, -0.1) is 0 Å². The highest BCUT2D eigenvalue weighted by Gasteiger charge is 2.35. The van der Waals surface area contributed by atoms with E-state index in [0.29, 0.717) is 50.3 Å². The van der Waals surface area contributed by atoms with Gasteiger partial charge >= 0.3 is 6.18 Å². The van der Waals surface area contributed by atoms with Gasteiger partial charge in [-0.1, -0.05) is 72.8 Å². The molecule has 0 amide bonds. The van der Waals surface area contributed by atoms with Crippen molar-refractivity contribution >= 4 is 49.3 Å². The van der Waals surface area contributed by atoms with Crippen LogP contribution in [0.2, 0.25) is 0 Å². The predicted molar refractivity (Wildman–Crippen MR) is 246 cm³/mol. The number of alkyl halides is 3. The number of aryl methyl sites for hydroxylation is 1. The fraction of sp³-hybridized carbons (Fsp3) is 0.0364. The van der Waals surface area contributed by atoms with Crippen molar-refractivity contribution in [3.05, 3.63) is 196 Å². The van der Waals surface area contributed by atoms with Crippen molar-refractivity contribution in [2.75, 3.05) is 0 Å². The first kappa shape index (κ1) is 39.7. The molecule has 0 saturated carbocycles. The quantitative estimate of drug-likeness (QED) is 0.161. The van der Waals surface area contributed by atoms with Crippen LogP contribution in [0.1, 0.15) is 33.4 Å². The van der Waals surface area contributed by atoms with Crippen molar-refractivity contribution in [3.63, 3.8) is 0 Å². The summed E-state index contributed by atoms with van der Waals surface area (Å²) in [4.78, 5) is 3.91. The number of aromatic nitrogens is 2. The van der Waals surface area contributed by atoms with Gasteiger partial charge in [-0.05, 0) is 125 Å². The number of rotatable bonds is 5. The molecule has 0 saturated heterocycles. The summed E-state index contributed by atoms with van der Waals surface area (Å²) in [6.07, 6.45) is -4.72. The normalized spacial score (nSPS) is 11.3. The monoisotopic (exact) mass is 843 g/mol. The third-order valence-electron chi connectivity index (χ3n) is 12.0. The fourth-order valence-electron chi connectivity index (χ4n) is 9.19. The number of halogens is 3. The molecular formula is C55H28F3N7. The van der Waals surface area contributed by atoms with Crippen LogP contribution >= 0.6 is 0 Å². The van der Waals surface area contributed by atoms with Gasteiger partial charge in [0.2, 0.25) is 0 Å². The molecule has 0 fully saturated rings. The van der Waals surface area contributed by atoms with E-state index in [2.05, 4.69) is 29.1 Å². The van der Waals surface area contributed by atoms with Crippen LogP contribution in [0.15, 0.2) is 152 Å². The Hall–Kier alpha value is -9.40. The lowest BCUT2D eigenvalue weighted by molar-refractivity contribution is -0.137. The van der Waals surface area contributed by atoms with Crippen LogP contribution < -0.4 is 0 Å². The molecule has 0 aliphatic rings. The lowest BCUT2D eigenvalue weighted by Gasteiger charge is -2.22. The number of nitriles is 4. The standard InChI is InChI=1S/C55H28F3N7/c1-32-8-7-11-46(55(56,57)58)54(32)45-26-52(64-48-12-5-3-9-41(48)43-24-35(16-20-50(43)64)39-18-14-33(28-59)22-37(39)30-61)53(27-47(45)63-2)65-49-13-6-4-10-42(49)44-25-36(17-21-51(44)65)40-19-15-34(29-60)23-38(40)31-62/h3-27H,1H3. The SMILES string of the molecule is [C-]#[N+]c1cc(-n2c3ccccc3c3cc(-c4ccc(C#N)cc4C#N)ccc32)c(-n2c3ccccc3c3cc(-c4ccc(C#N)cc4C#N)ccc32)cc1-c1c(C)cccc1C(F)(F)F. The Balaban J connectivity index is 1.33. The number of para-hydroxylation sites is 2. The van der Waals surface area contributed by atoms with E-state index in [1.54, 1.807) is 61.5 Å². The number of nitrogens with zero attached hydrogens (tertiary/aromatic N) is 7. The maximum Gasteiger partial charge on any atom is 0.416 e. The zero-order chi connectivity index (χ0) is 45.1. The Kier molecular flexibility index (Phi) is 9.29. The molecule has 8 aromatic carbocycles. The molecule has 0 aliphatic heterocycles. The number of fused-ring (bicyclic) bond motifs is 6. The largest absolute Gasteiger partial charge is 0.416 e. The highest BCUT2D eigenvalue weighted by atomic mass is 19.4. The second-order valence-electron chi connectivity index (χ2n) is 15.6. The summed E-state index contributed by atoms with van der Waals surface area (Å²) in [5, 5.41) is 42.6. The Morgan fingerprint density at radius 3 is 1.46 bits per heavy atom. The van der Waals surface area contributed by atoms with Crippen molar-refractivity contribution in [1.82, 2.24) is 9.13 Å². The van der Waals surface area contributed by atoms with Crippen molar-refractivity contribution in [3.8, 4) is 69.0 Å². The van der Waals surface area contributed by atoms with Crippen LogP contribution in [0.25, 0.3) is 93.2 Å². The van der Waals surface area contributed by atoms with E-state index in [4.69, 9.17) is 6.57 Å². The molecular weight excluding hydrogens is 816 g/mol. The van der Waals surface area contributed by atoms with Gasteiger partial charge in [-0.3, -0.25) is 0 Å². The summed E-state index contributed by atoms with van der Waals surface area (Å²) in [5.74, 6) is 0. The molecule has 7 nitrogen and oxygen atoms in total. The Morgan fingerprint density at radius 1 is 0.492 bits per heavy atom. The third kappa shape index (κ3) is 6.32. The minimum absolute atomic E-state index is 0.0234. The highest BCUT2D eigenvalue weighted by Crippen LogP contribution is 2.47. The van der Waals surface area contributed by atoms with E-state index in [9.17, 15) is 34.2 Å². The van der Waals surface area contributed by atoms with Crippen molar-refractivity contribution < 1.29 is 13.2 Å². The molecule has 0 unspecified atom stereocenters. The summed E-state index contributed by atoms with van der Waals surface area (Å²) in [5.41, 5.74) is 7.76. The van der Waals surface area contributed by atoms with Gasteiger partial charge in [0.1, 0.15) is 0 Å². The third-order valence-corrected chi connectivity index (χ3v) is 12.0. The van der Waals surface area contributed by atoms with Gasteiger partial charge in [0.15, 0.2) is 5.69 Å². The first-order chi connectivity index (χ1) is 31.6. The van der Waals surface area contributed by atoms with Gasteiger partial charge in [-0.25, -0.2) is 4.85 Å². The van der Waals surface area contributed by atoms with Crippen LogP contribution in [0.4, 0.5) is 18.9 Å². The molecule has 10 heteroatoms. The molecule has 0 N–H and O–H groups in total. The maximum atomic E-state index is 15.0. The van der Waals surface area contributed by atoms with E-state index < -0.39 is 11.7 Å². The summed E-state index contributed by atoms with van der Waals surface area (Å²) in [6, 6.07) is 53.1. The first-order valence-corrected chi connectivity index (χ1v) is 20.3. The van der Waals surface area contributed by atoms with Crippen LogP contribution in [0.5, 0.6) is 0 Å². The zero-order valence-electron chi connectivity index (χ0n) is 34.2. The lowest BCUT2D eigenvalue weighted by atomic mass is 9.92. The van der Waals surface area contributed by atoms with E-state index in [1.807, 2.05) is 94.1 Å². The Morgan fingerprint density at radius 2 is 0.985 bits per heavy atom. The molecule has 10 aromatic rings. The lowest BCUT2D eigenvalue weighted by Crippen LogP contribution is -2.09. The molecule has 2 aromatic heterocycles. The predicted octanol–water partition coefficient (Wildman–Crippen LogP) is 14.2. The molecule has 65 heavy (non-hydrogen) atoms. The average Bonchev–Trinajstić information content (AvgIpc) is 3.84. The van der Waals surface area contributed by atoms with E-state index in [0.717, 1.165) is 60.8 Å². The Labute approximate surface area is 370 Å². The summed E-state index contributed by atoms with van der Waals surface area (Å²) >= 11 is 0. The smallest absolute Gasteiger partial charge is 0.308 e. The van der Waals surface area contributed by atoms with Gasteiger partial charge in [-0.2, -0.15) is 34.2 Å². The van der Waals surface area contributed by atoms with Crippen LogP contribution in [0, 0.1) is 58.8 Å². The topological polar surface area (TPSA) is 109 Å². The summed E-state index contributed by atoms with van der Waals surface area (Å²) in [7, 11) is 0. The summed E-state index contributed by atoms with van der Waals surface area (Å²) < 4.78 is 48.9. The molecule has 0 aliphatic carbocycles. The number of hydrogen-bond acceptors (Lipinski definition) is 4. The van der Waals surface area contributed by atoms with Gasteiger partial charge in [0.05, 0.1) is 92.1 Å². The molecule has 10 rings (SSSR count). The molecule has 304 valence electrons. The van der Waals surface area contributed by atoms with Gasteiger partial charge in [0.25, 0.3) is 0 Å². The van der Waals surface area contributed by atoms with E-state index in [1.165, 1.54) is 6.07 Å².